The van der Waals surface area contributed by atoms with Gasteiger partial charge >= 0.3 is 0 Å². The van der Waals surface area contributed by atoms with Gasteiger partial charge in [-0.15, -0.1) is 0 Å². The molecule has 19 heavy (non-hydrogen) atoms. The minimum absolute atomic E-state index is 0.547. The zero-order chi connectivity index (χ0) is 14.0. The molecule has 0 radical (unpaired) electrons. The van der Waals surface area contributed by atoms with Crippen LogP contribution < -0.4 is 0 Å². The molecule has 2 rings (SSSR count). The predicted octanol–water partition coefficient (Wildman–Crippen LogP) is 2.50. The zero-order valence-electron chi connectivity index (χ0n) is 12.0. The van der Waals surface area contributed by atoms with E-state index in [-0.39, 0.29) is 0 Å². The second-order valence-corrected chi connectivity index (χ2v) is 5.03. The Morgan fingerprint density at radius 2 is 2.00 bits per heavy atom. The fourth-order valence-corrected chi connectivity index (χ4v) is 2.41. The summed E-state index contributed by atoms with van der Waals surface area (Å²) >= 11 is 0. The third kappa shape index (κ3) is 3.01. The van der Waals surface area contributed by atoms with Crippen molar-refractivity contribution in [3.8, 4) is 0 Å². The largest absolute Gasteiger partial charge is 0.386 e. The summed E-state index contributed by atoms with van der Waals surface area (Å²) in [7, 11) is 0. The van der Waals surface area contributed by atoms with Crippen molar-refractivity contribution in [3.63, 3.8) is 0 Å². The molecule has 2 aromatic heterocycles. The van der Waals surface area contributed by atoms with E-state index in [4.69, 9.17) is 0 Å². The van der Waals surface area contributed by atoms with Crippen molar-refractivity contribution in [2.45, 2.75) is 46.8 Å². The molecule has 0 spiro atoms. The number of aliphatic hydroxyl groups is 1. The van der Waals surface area contributed by atoms with Gasteiger partial charge in [-0.3, -0.25) is 9.67 Å². The molecule has 0 aliphatic heterocycles. The number of aryl methyl sites for hydroxylation is 4. The lowest BCUT2D eigenvalue weighted by Gasteiger charge is -2.13. The van der Waals surface area contributed by atoms with Gasteiger partial charge in [0.1, 0.15) is 6.10 Å². The van der Waals surface area contributed by atoms with Crippen LogP contribution in [-0.4, -0.2) is 19.9 Å². The second kappa shape index (κ2) is 5.53. The van der Waals surface area contributed by atoms with E-state index in [0.717, 1.165) is 34.8 Å². The van der Waals surface area contributed by atoms with Crippen LogP contribution in [0.2, 0.25) is 0 Å². The molecule has 0 saturated carbocycles. The van der Waals surface area contributed by atoms with Crippen LogP contribution in [-0.2, 0) is 13.0 Å². The van der Waals surface area contributed by atoms with Crippen molar-refractivity contribution in [2.24, 2.45) is 0 Å². The third-order valence-electron chi connectivity index (χ3n) is 3.26. The lowest BCUT2D eigenvalue weighted by molar-refractivity contribution is 0.170. The van der Waals surface area contributed by atoms with Crippen LogP contribution in [0.1, 0.15) is 41.2 Å². The van der Waals surface area contributed by atoms with Gasteiger partial charge in [-0.2, -0.15) is 5.10 Å². The maximum Gasteiger partial charge on any atom is 0.102 e. The van der Waals surface area contributed by atoms with Crippen molar-refractivity contribution >= 4 is 0 Å². The lowest BCUT2D eigenvalue weighted by atomic mass is 10.0. The van der Waals surface area contributed by atoms with Crippen LogP contribution in [0.4, 0.5) is 0 Å². The number of nitrogens with zero attached hydrogens (tertiary/aromatic N) is 3. The molecule has 0 amide bonds. The van der Waals surface area contributed by atoms with Crippen molar-refractivity contribution < 1.29 is 5.11 Å². The Balaban J connectivity index is 2.22. The SMILES string of the molecule is CCn1nc(C)cc1CC(O)c1ncc(C)cc1C. The summed E-state index contributed by atoms with van der Waals surface area (Å²) < 4.78 is 1.93. The molecule has 4 nitrogen and oxygen atoms in total. The van der Waals surface area contributed by atoms with Crippen molar-refractivity contribution in [3.05, 3.63) is 46.5 Å². The van der Waals surface area contributed by atoms with Crippen LogP contribution in [0, 0.1) is 20.8 Å². The average molecular weight is 259 g/mol. The Morgan fingerprint density at radius 1 is 1.26 bits per heavy atom. The number of aromatic nitrogens is 3. The van der Waals surface area contributed by atoms with Crippen molar-refractivity contribution in [2.75, 3.05) is 0 Å². The summed E-state index contributed by atoms with van der Waals surface area (Å²) in [6.45, 7) is 8.83. The lowest BCUT2D eigenvalue weighted by Crippen LogP contribution is -2.11. The Hall–Kier alpha value is -1.68. The first-order chi connectivity index (χ1) is 9.01. The molecule has 0 fully saturated rings. The minimum atomic E-state index is -0.581. The van der Waals surface area contributed by atoms with Crippen LogP contribution in [0.25, 0.3) is 0 Å². The molecule has 2 aromatic rings. The fraction of sp³-hybridized carbons (Fsp3) is 0.467. The Kier molecular flexibility index (Phi) is 4.00. The molecule has 1 N–H and O–H groups in total. The molecule has 102 valence electrons. The highest BCUT2D eigenvalue weighted by atomic mass is 16.3. The number of hydrogen-bond acceptors (Lipinski definition) is 3. The van der Waals surface area contributed by atoms with Gasteiger partial charge in [-0.05, 0) is 44.9 Å². The highest BCUT2D eigenvalue weighted by Gasteiger charge is 2.15. The van der Waals surface area contributed by atoms with Gasteiger partial charge in [-0.1, -0.05) is 6.07 Å². The molecule has 1 unspecified atom stereocenters. The molecule has 0 aliphatic rings. The monoisotopic (exact) mass is 259 g/mol. The van der Waals surface area contributed by atoms with Gasteiger partial charge in [-0.25, -0.2) is 0 Å². The van der Waals surface area contributed by atoms with Crippen molar-refractivity contribution in [1.29, 1.82) is 0 Å². The van der Waals surface area contributed by atoms with E-state index in [9.17, 15) is 5.11 Å². The molecule has 0 bridgehead atoms. The van der Waals surface area contributed by atoms with E-state index in [1.165, 1.54) is 0 Å². The Morgan fingerprint density at radius 3 is 2.63 bits per heavy atom. The van der Waals surface area contributed by atoms with Gasteiger partial charge < -0.3 is 5.11 Å². The summed E-state index contributed by atoms with van der Waals surface area (Å²) in [4.78, 5) is 4.36. The summed E-state index contributed by atoms with van der Waals surface area (Å²) in [5.74, 6) is 0. The van der Waals surface area contributed by atoms with Gasteiger partial charge in [0.25, 0.3) is 0 Å². The van der Waals surface area contributed by atoms with Crippen LogP contribution in [0.3, 0.4) is 0 Å². The van der Waals surface area contributed by atoms with E-state index in [0.29, 0.717) is 6.42 Å². The van der Waals surface area contributed by atoms with Crippen LogP contribution in [0.5, 0.6) is 0 Å². The van der Waals surface area contributed by atoms with E-state index in [2.05, 4.69) is 17.0 Å². The number of rotatable bonds is 4. The highest BCUT2D eigenvalue weighted by molar-refractivity contribution is 5.26. The summed E-state index contributed by atoms with van der Waals surface area (Å²) in [6, 6.07) is 4.07. The zero-order valence-corrected chi connectivity index (χ0v) is 12.0. The molecule has 2 heterocycles. The number of hydrogen-bond donors (Lipinski definition) is 1. The first-order valence-electron chi connectivity index (χ1n) is 6.65. The minimum Gasteiger partial charge on any atom is -0.386 e. The molecule has 0 aromatic carbocycles. The van der Waals surface area contributed by atoms with Gasteiger partial charge in [0.2, 0.25) is 0 Å². The molecular formula is C15H21N3O. The van der Waals surface area contributed by atoms with E-state index < -0.39 is 6.10 Å². The van der Waals surface area contributed by atoms with Crippen LogP contribution >= 0.6 is 0 Å². The Bertz CT molecular complexity index is 575. The van der Waals surface area contributed by atoms with E-state index >= 15 is 0 Å². The first kappa shape index (κ1) is 13.7. The summed E-state index contributed by atoms with van der Waals surface area (Å²) in [5, 5.41) is 14.8. The highest BCUT2D eigenvalue weighted by Crippen LogP contribution is 2.20. The second-order valence-electron chi connectivity index (χ2n) is 5.03. The normalized spacial score (nSPS) is 12.7. The maximum absolute atomic E-state index is 10.4. The quantitative estimate of drug-likeness (QED) is 0.917. The third-order valence-corrected chi connectivity index (χ3v) is 3.26. The molecule has 0 saturated heterocycles. The van der Waals surface area contributed by atoms with E-state index in [1.807, 2.05) is 37.6 Å². The van der Waals surface area contributed by atoms with E-state index in [1.54, 1.807) is 6.20 Å². The van der Waals surface area contributed by atoms with Gasteiger partial charge in [0.05, 0.1) is 11.4 Å². The average Bonchev–Trinajstić information content (AvgIpc) is 2.69. The molecule has 4 heteroatoms. The van der Waals surface area contributed by atoms with Crippen LogP contribution in [0.15, 0.2) is 18.3 Å². The predicted molar refractivity (Wildman–Crippen MR) is 75.0 cm³/mol. The summed E-state index contributed by atoms with van der Waals surface area (Å²) in [5.41, 5.74) is 4.94. The molecular weight excluding hydrogens is 238 g/mol. The standard InChI is InChI=1S/C15H21N3O/c1-5-18-13(7-12(4)17-18)8-14(19)15-11(3)6-10(2)9-16-15/h6-7,9,14,19H,5,8H2,1-4H3. The smallest absolute Gasteiger partial charge is 0.102 e. The molecule has 0 aliphatic carbocycles. The number of pyridine rings is 1. The molecule has 1 atom stereocenters. The Labute approximate surface area is 114 Å². The maximum atomic E-state index is 10.4. The first-order valence-corrected chi connectivity index (χ1v) is 6.65. The van der Waals surface area contributed by atoms with Gasteiger partial charge in [0.15, 0.2) is 0 Å². The summed E-state index contributed by atoms with van der Waals surface area (Å²) in [6.07, 6.45) is 1.77. The number of aliphatic hydroxyl groups excluding tert-OH is 1. The van der Waals surface area contributed by atoms with Crippen molar-refractivity contribution in [1.82, 2.24) is 14.8 Å². The van der Waals surface area contributed by atoms with Gasteiger partial charge in [0, 0.05) is 24.9 Å². The fourth-order valence-electron chi connectivity index (χ4n) is 2.41. The topological polar surface area (TPSA) is 50.9 Å².